The average molecular weight is 351 g/mol. The number of hydrogen-bond acceptors (Lipinski definition) is 6. The first-order chi connectivity index (χ1) is 10.8. The Balaban J connectivity index is 4.87. The number of hydrogen-bond donors (Lipinski definition) is 3. The zero-order valence-electron chi connectivity index (χ0n) is 14.5. The summed E-state index contributed by atoms with van der Waals surface area (Å²) in [6.45, 7) is 3.71. The minimum Gasteiger partial charge on any atom is -0.481 e. The molecule has 0 aliphatic carbocycles. The Hall–Kier alpha value is -1.00. The topological polar surface area (TPSA) is 114 Å². The van der Waals surface area contributed by atoms with Crippen molar-refractivity contribution in [2.75, 3.05) is 27.9 Å². The molecule has 8 nitrogen and oxygen atoms in total. The van der Waals surface area contributed by atoms with Crippen LogP contribution in [0.25, 0.3) is 0 Å². The number of nitrogens with one attached hydrogen (secondary N) is 1. The highest BCUT2D eigenvalue weighted by Gasteiger charge is 2.47. The first kappa shape index (κ1) is 22.0. The molecule has 23 heavy (non-hydrogen) atoms. The summed E-state index contributed by atoms with van der Waals surface area (Å²) in [5.74, 6) is -2.26. The molecule has 136 valence electrons. The summed E-state index contributed by atoms with van der Waals surface area (Å²) in [4.78, 5) is 23.1. The van der Waals surface area contributed by atoms with E-state index in [1.54, 1.807) is 13.8 Å². The Morgan fingerprint density at radius 2 is 1.57 bits per heavy atom. The molecule has 0 amide bonds. The molecule has 0 rings (SSSR count). The first-order valence-electron chi connectivity index (χ1n) is 7.64. The van der Waals surface area contributed by atoms with E-state index >= 15 is 0 Å². The Morgan fingerprint density at radius 3 is 1.87 bits per heavy atom. The van der Waals surface area contributed by atoms with Gasteiger partial charge in [0.15, 0.2) is 0 Å². The lowest BCUT2D eigenvalue weighted by Gasteiger charge is -2.33. The number of aliphatic carboxylic acids is 2. The van der Waals surface area contributed by atoms with Crippen LogP contribution in [0.4, 0.5) is 0 Å². The van der Waals surface area contributed by atoms with Gasteiger partial charge in [0.2, 0.25) is 0 Å². The molecular weight excluding hydrogens is 322 g/mol. The van der Waals surface area contributed by atoms with E-state index in [2.05, 4.69) is 5.32 Å². The summed E-state index contributed by atoms with van der Waals surface area (Å²) < 4.78 is 15.9. The maximum absolute atomic E-state index is 11.6. The standard InChI is InChI=1S/C14H29NO7Si/c1-6-14(7-2,13(18)19)11(12(16)17)15-9-8-10-23(20-3,21-4)22-5/h11,15H,6-10H2,1-5H3,(H,16,17)(H,18,19)/t11-/m1/s1. The minimum absolute atomic E-state index is 0.232. The largest absolute Gasteiger partial charge is 0.500 e. The molecule has 0 saturated carbocycles. The van der Waals surface area contributed by atoms with Gasteiger partial charge in [-0.3, -0.25) is 9.59 Å². The Morgan fingerprint density at radius 1 is 1.09 bits per heavy atom. The van der Waals surface area contributed by atoms with Crippen LogP contribution in [0.3, 0.4) is 0 Å². The second-order valence-corrected chi connectivity index (χ2v) is 8.38. The van der Waals surface area contributed by atoms with E-state index in [-0.39, 0.29) is 12.8 Å². The predicted octanol–water partition coefficient (Wildman–Crippen LogP) is 1.19. The second-order valence-electron chi connectivity index (χ2n) is 5.29. The molecule has 0 heterocycles. The van der Waals surface area contributed by atoms with Crippen molar-refractivity contribution in [1.29, 1.82) is 0 Å². The zero-order chi connectivity index (χ0) is 18.1. The highest BCUT2D eigenvalue weighted by molar-refractivity contribution is 6.60. The number of carboxylic acids is 2. The van der Waals surface area contributed by atoms with Gasteiger partial charge in [0.1, 0.15) is 6.04 Å². The van der Waals surface area contributed by atoms with Gasteiger partial charge >= 0.3 is 20.7 Å². The highest BCUT2D eigenvalue weighted by atomic mass is 28.4. The van der Waals surface area contributed by atoms with Crippen LogP contribution < -0.4 is 5.32 Å². The van der Waals surface area contributed by atoms with Crippen molar-refractivity contribution < 1.29 is 33.1 Å². The van der Waals surface area contributed by atoms with E-state index in [0.717, 1.165) is 0 Å². The number of rotatable bonds is 13. The van der Waals surface area contributed by atoms with Crippen LogP contribution in [0, 0.1) is 5.41 Å². The normalized spacial score (nSPS) is 13.8. The fourth-order valence-electron chi connectivity index (χ4n) is 2.71. The number of carboxylic acid groups (broad SMARTS) is 2. The summed E-state index contributed by atoms with van der Waals surface area (Å²) in [5, 5.41) is 21.8. The van der Waals surface area contributed by atoms with Crippen LogP contribution in [0.5, 0.6) is 0 Å². The van der Waals surface area contributed by atoms with E-state index in [9.17, 15) is 19.8 Å². The third kappa shape index (κ3) is 5.25. The van der Waals surface area contributed by atoms with Crippen molar-refractivity contribution in [2.45, 2.75) is 45.2 Å². The van der Waals surface area contributed by atoms with Crippen LogP contribution in [-0.4, -0.2) is 64.9 Å². The fraction of sp³-hybridized carbons (Fsp3) is 0.857. The van der Waals surface area contributed by atoms with Gasteiger partial charge in [-0.2, -0.15) is 0 Å². The van der Waals surface area contributed by atoms with Crippen molar-refractivity contribution >= 4 is 20.7 Å². The lowest BCUT2D eigenvalue weighted by molar-refractivity contribution is -0.159. The second kappa shape index (κ2) is 9.99. The van der Waals surface area contributed by atoms with Crippen molar-refractivity contribution in [3.63, 3.8) is 0 Å². The minimum atomic E-state index is -2.70. The lowest BCUT2D eigenvalue weighted by atomic mass is 9.75. The smallest absolute Gasteiger partial charge is 0.481 e. The van der Waals surface area contributed by atoms with E-state index < -0.39 is 32.2 Å². The summed E-state index contributed by atoms with van der Waals surface area (Å²) in [5.41, 5.74) is -1.33. The lowest BCUT2D eigenvalue weighted by Crippen LogP contribution is -2.54. The molecule has 3 N–H and O–H groups in total. The van der Waals surface area contributed by atoms with Gasteiger partial charge in [0.05, 0.1) is 5.41 Å². The molecule has 0 aromatic rings. The molecule has 0 unspecified atom stereocenters. The molecule has 1 atom stereocenters. The van der Waals surface area contributed by atoms with Gasteiger partial charge in [-0.15, -0.1) is 0 Å². The van der Waals surface area contributed by atoms with Crippen molar-refractivity contribution in [3.05, 3.63) is 0 Å². The van der Waals surface area contributed by atoms with Crippen molar-refractivity contribution in [1.82, 2.24) is 5.32 Å². The van der Waals surface area contributed by atoms with Gasteiger partial charge in [0, 0.05) is 27.4 Å². The molecule has 0 bridgehead atoms. The van der Waals surface area contributed by atoms with Gasteiger partial charge in [-0.05, 0) is 25.8 Å². The molecule has 0 spiro atoms. The molecule has 0 saturated heterocycles. The van der Waals surface area contributed by atoms with E-state index in [1.165, 1.54) is 21.3 Å². The van der Waals surface area contributed by atoms with Crippen LogP contribution in [0.15, 0.2) is 0 Å². The monoisotopic (exact) mass is 351 g/mol. The molecule has 9 heteroatoms. The molecular formula is C14H29NO7Si. The maximum Gasteiger partial charge on any atom is 0.500 e. The molecule has 0 fully saturated rings. The van der Waals surface area contributed by atoms with Crippen LogP contribution >= 0.6 is 0 Å². The van der Waals surface area contributed by atoms with Crippen LogP contribution in [0.1, 0.15) is 33.1 Å². The average Bonchev–Trinajstić information content (AvgIpc) is 2.54. The third-order valence-corrected chi connectivity index (χ3v) is 7.26. The van der Waals surface area contributed by atoms with Crippen molar-refractivity contribution in [2.24, 2.45) is 5.41 Å². The van der Waals surface area contributed by atoms with Crippen LogP contribution in [0.2, 0.25) is 6.04 Å². The fourth-order valence-corrected chi connectivity index (χ4v) is 4.43. The Bertz CT molecular complexity index is 375. The van der Waals surface area contributed by atoms with E-state index in [4.69, 9.17) is 13.3 Å². The summed E-state index contributed by atoms with van der Waals surface area (Å²) in [7, 11) is 1.83. The first-order valence-corrected chi connectivity index (χ1v) is 9.57. The van der Waals surface area contributed by atoms with Crippen LogP contribution in [-0.2, 0) is 22.9 Å². The molecule has 0 radical (unpaired) electrons. The predicted molar refractivity (Wildman–Crippen MR) is 86.3 cm³/mol. The third-order valence-electron chi connectivity index (χ3n) is 4.43. The molecule has 0 aliphatic heterocycles. The summed E-state index contributed by atoms with van der Waals surface area (Å²) in [6.07, 6.45) is 1.01. The van der Waals surface area contributed by atoms with Gasteiger partial charge in [-0.1, -0.05) is 13.8 Å². The zero-order valence-corrected chi connectivity index (χ0v) is 15.5. The molecule has 0 aromatic heterocycles. The van der Waals surface area contributed by atoms with Gasteiger partial charge in [0.25, 0.3) is 0 Å². The van der Waals surface area contributed by atoms with Gasteiger partial charge < -0.3 is 28.8 Å². The molecule has 0 aliphatic rings. The summed E-state index contributed by atoms with van der Waals surface area (Å²) >= 11 is 0. The molecule has 0 aromatic carbocycles. The Kier molecular flexibility index (Phi) is 9.55. The SMILES string of the molecule is CCC(CC)(C(=O)O)[C@H](NCCC[Si](OC)(OC)OC)C(=O)O. The van der Waals surface area contributed by atoms with E-state index in [1.807, 2.05) is 0 Å². The highest BCUT2D eigenvalue weighted by Crippen LogP contribution is 2.31. The number of carbonyl (C=O) groups is 2. The van der Waals surface area contributed by atoms with Gasteiger partial charge in [-0.25, -0.2) is 0 Å². The quantitative estimate of drug-likeness (QED) is 0.335. The summed E-state index contributed by atoms with van der Waals surface area (Å²) in [6, 6.07) is -0.646. The van der Waals surface area contributed by atoms with E-state index in [0.29, 0.717) is 19.0 Å². The Labute approximate surface area is 138 Å². The maximum atomic E-state index is 11.6. The van der Waals surface area contributed by atoms with Crippen molar-refractivity contribution in [3.8, 4) is 0 Å².